The molecule has 0 bridgehead atoms. The van der Waals surface area contributed by atoms with Gasteiger partial charge in [-0.25, -0.2) is 4.79 Å². The minimum atomic E-state index is -1.13. The van der Waals surface area contributed by atoms with Crippen molar-refractivity contribution in [2.75, 3.05) is 5.32 Å². The molecule has 3 aromatic rings. The van der Waals surface area contributed by atoms with Crippen LogP contribution in [0.25, 0.3) is 6.08 Å². The van der Waals surface area contributed by atoms with E-state index in [-0.39, 0.29) is 39.2 Å². The van der Waals surface area contributed by atoms with Crippen LogP contribution in [0.15, 0.2) is 70.7 Å². The summed E-state index contributed by atoms with van der Waals surface area (Å²) in [7, 11) is 0. The largest absolute Gasteiger partial charge is 0.486 e. The van der Waals surface area contributed by atoms with Crippen molar-refractivity contribution >= 4 is 62.8 Å². The molecule has 6 nitrogen and oxygen atoms in total. The van der Waals surface area contributed by atoms with E-state index < -0.39 is 11.9 Å². The third-order valence-electron chi connectivity index (χ3n) is 4.36. The molecule has 0 spiro atoms. The first-order valence-corrected chi connectivity index (χ1v) is 10.9. The van der Waals surface area contributed by atoms with Gasteiger partial charge in [0.1, 0.15) is 18.2 Å². The first-order valence-electron chi connectivity index (χ1n) is 9.39. The molecule has 0 aliphatic heterocycles. The number of carboxylic acid groups (broad SMARTS) is 1. The van der Waals surface area contributed by atoms with Crippen LogP contribution in [0.3, 0.4) is 0 Å². The predicted molar refractivity (Wildman–Crippen MR) is 131 cm³/mol. The highest BCUT2D eigenvalue weighted by Crippen LogP contribution is 2.35. The van der Waals surface area contributed by atoms with Crippen molar-refractivity contribution in [3.05, 3.63) is 97.4 Å². The third-order valence-corrected chi connectivity index (χ3v) is 5.45. The standard InChI is InChI=1S/C24H15BrCl2N2O4/c25-18-6-4-14(5-7-18)13-33-22-20(26)9-15(10-21(22)27)8-17(12-28)23(30)29-19-3-1-2-16(11-19)24(31)32/h1-11H,13H2,(H,29,30)(H,31,32)/b17-8-. The van der Waals surface area contributed by atoms with Crippen LogP contribution in [0.2, 0.25) is 10.0 Å². The Kier molecular flexibility index (Phi) is 8.12. The highest BCUT2D eigenvalue weighted by atomic mass is 79.9. The molecule has 2 N–H and O–H groups in total. The number of nitriles is 1. The summed E-state index contributed by atoms with van der Waals surface area (Å²) in [5.41, 5.74) is 1.38. The van der Waals surface area contributed by atoms with Gasteiger partial charge in [0, 0.05) is 10.2 Å². The lowest BCUT2D eigenvalue weighted by molar-refractivity contribution is -0.112. The average molecular weight is 546 g/mol. The number of anilines is 1. The third kappa shape index (κ3) is 6.59. The second kappa shape index (κ2) is 11.0. The van der Waals surface area contributed by atoms with Crippen molar-refractivity contribution in [1.29, 1.82) is 5.26 Å². The fraction of sp³-hybridized carbons (Fsp3) is 0.0417. The number of carboxylic acids is 1. The van der Waals surface area contributed by atoms with Gasteiger partial charge >= 0.3 is 5.97 Å². The summed E-state index contributed by atoms with van der Waals surface area (Å²) < 4.78 is 6.69. The zero-order valence-corrected chi connectivity index (χ0v) is 19.9. The number of hydrogen-bond acceptors (Lipinski definition) is 4. The Morgan fingerprint density at radius 3 is 2.36 bits per heavy atom. The van der Waals surface area contributed by atoms with Crippen LogP contribution >= 0.6 is 39.1 Å². The van der Waals surface area contributed by atoms with Gasteiger partial charge in [0.05, 0.1) is 15.6 Å². The molecule has 3 aromatic carbocycles. The molecule has 0 fully saturated rings. The van der Waals surface area contributed by atoms with E-state index in [2.05, 4.69) is 21.2 Å². The van der Waals surface area contributed by atoms with Crippen molar-refractivity contribution in [3.63, 3.8) is 0 Å². The fourth-order valence-electron chi connectivity index (χ4n) is 2.78. The predicted octanol–water partition coefficient (Wildman–Crippen LogP) is 6.58. The maximum absolute atomic E-state index is 12.5. The minimum absolute atomic E-state index is 0.00702. The molecule has 0 saturated heterocycles. The average Bonchev–Trinajstić information content (AvgIpc) is 2.78. The lowest BCUT2D eigenvalue weighted by atomic mass is 10.1. The number of nitrogens with one attached hydrogen (secondary N) is 1. The number of carbonyl (C=O) groups excluding carboxylic acids is 1. The maximum atomic E-state index is 12.5. The van der Waals surface area contributed by atoms with Crippen molar-refractivity contribution in [3.8, 4) is 11.8 Å². The van der Waals surface area contributed by atoms with Crippen LogP contribution in [-0.2, 0) is 11.4 Å². The summed E-state index contributed by atoms with van der Waals surface area (Å²) in [5.74, 6) is -1.55. The zero-order chi connectivity index (χ0) is 24.0. The van der Waals surface area contributed by atoms with E-state index in [1.54, 1.807) is 0 Å². The number of halogens is 3. The lowest BCUT2D eigenvalue weighted by Crippen LogP contribution is -2.14. The molecule has 0 unspecified atom stereocenters. The number of nitrogens with zero attached hydrogens (tertiary/aromatic N) is 1. The van der Waals surface area contributed by atoms with E-state index in [4.69, 9.17) is 33.0 Å². The van der Waals surface area contributed by atoms with Gasteiger partial charge in [-0.3, -0.25) is 4.79 Å². The van der Waals surface area contributed by atoms with Gasteiger partial charge in [0.2, 0.25) is 0 Å². The Bertz CT molecular complexity index is 1260. The Hall–Kier alpha value is -3.31. The smallest absolute Gasteiger partial charge is 0.335 e. The van der Waals surface area contributed by atoms with Crippen LogP contribution in [0.4, 0.5) is 5.69 Å². The molecule has 0 aromatic heterocycles. The summed E-state index contributed by atoms with van der Waals surface area (Å²) in [5, 5.41) is 21.4. The molecule has 3 rings (SSSR count). The molecular formula is C24H15BrCl2N2O4. The Morgan fingerprint density at radius 1 is 1.09 bits per heavy atom. The molecule has 1 amide bonds. The SMILES string of the molecule is N#C/C(=C/c1cc(Cl)c(OCc2ccc(Br)cc2)c(Cl)c1)C(=O)Nc1cccc(C(=O)O)c1. The van der Waals surface area contributed by atoms with Crippen LogP contribution < -0.4 is 10.1 Å². The van der Waals surface area contributed by atoms with E-state index in [0.29, 0.717) is 5.56 Å². The van der Waals surface area contributed by atoms with E-state index in [0.717, 1.165) is 10.0 Å². The molecule has 0 heterocycles. The van der Waals surface area contributed by atoms with Gasteiger partial charge in [-0.05, 0) is 59.7 Å². The highest BCUT2D eigenvalue weighted by molar-refractivity contribution is 9.10. The van der Waals surface area contributed by atoms with Gasteiger partial charge in [-0.15, -0.1) is 0 Å². The Labute approximate surface area is 208 Å². The van der Waals surface area contributed by atoms with Crippen LogP contribution in [0.1, 0.15) is 21.5 Å². The molecule has 0 radical (unpaired) electrons. The molecule has 0 aliphatic rings. The number of benzene rings is 3. The number of aromatic carboxylic acids is 1. The second-order valence-corrected chi connectivity index (χ2v) is 8.47. The molecule has 166 valence electrons. The van der Waals surface area contributed by atoms with E-state index in [9.17, 15) is 14.9 Å². The first kappa shape index (κ1) is 24.3. The van der Waals surface area contributed by atoms with Gasteiger partial charge in [0.25, 0.3) is 5.91 Å². The van der Waals surface area contributed by atoms with Gasteiger partial charge in [-0.1, -0.05) is 57.3 Å². The summed E-state index contributed by atoms with van der Waals surface area (Å²) in [6, 6.07) is 18.1. The number of amides is 1. The minimum Gasteiger partial charge on any atom is -0.486 e. The summed E-state index contributed by atoms with van der Waals surface area (Å²) in [6.45, 7) is 0.253. The van der Waals surface area contributed by atoms with Gasteiger partial charge in [0.15, 0.2) is 5.75 Å². The molecular weight excluding hydrogens is 531 g/mol. The fourth-order valence-corrected chi connectivity index (χ4v) is 3.66. The Balaban J connectivity index is 1.77. The number of carbonyl (C=O) groups is 2. The van der Waals surface area contributed by atoms with Crippen LogP contribution in [0, 0.1) is 11.3 Å². The second-order valence-electron chi connectivity index (χ2n) is 6.74. The molecule has 9 heteroatoms. The lowest BCUT2D eigenvalue weighted by Gasteiger charge is -2.11. The molecule has 0 saturated carbocycles. The quantitative estimate of drug-likeness (QED) is 0.258. The molecule has 33 heavy (non-hydrogen) atoms. The zero-order valence-electron chi connectivity index (χ0n) is 16.8. The van der Waals surface area contributed by atoms with E-state index >= 15 is 0 Å². The van der Waals surface area contributed by atoms with Crippen LogP contribution in [0.5, 0.6) is 5.75 Å². The van der Waals surface area contributed by atoms with Crippen molar-refractivity contribution in [2.24, 2.45) is 0 Å². The van der Waals surface area contributed by atoms with Crippen molar-refractivity contribution in [2.45, 2.75) is 6.61 Å². The summed E-state index contributed by atoms with van der Waals surface area (Å²) in [4.78, 5) is 23.6. The molecule has 0 atom stereocenters. The van der Waals surface area contributed by atoms with Crippen molar-refractivity contribution < 1.29 is 19.4 Å². The number of hydrogen-bond donors (Lipinski definition) is 2. The summed E-state index contributed by atoms with van der Waals surface area (Å²) in [6.07, 6.45) is 1.33. The van der Waals surface area contributed by atoms with E-state index in [1.165, 1.54) is 42.5 Å². The van der Waals surface area contributed by atoms with E-state index in [1.807, 2.05) is 30.3 Å². The molecule has 0 aliphatic carbocycles. The number of ether oxygens (including phenoxy) is 1. The highest BCUT2D eigenvalue weighted by Gasteiger charge is 2.14. The monoisotopic (exact) mass is 544 g/mol. The Morgan fingerprint density at radius 2 is 1.76 bits per heavy atom. The maximum Gasteiger partial charge on any atom is 0.335 e. The van der Waals surface area contributed by atoms with Crippen molar-refractivity contribution in [1.82, 2.24) is 0 Å². The normalized spacial score (nSPS) is 10.9. The van der Waals surface area contributed by atoms with Crippen LogP contribution in [-0.4, -0.2) is 17.0 Å². The van der Waals surface area contributed by atoms with Gasteiger partial charge in [-0.2, -0.15) is 5.26 Å². The topological polar surface area (TPSA) is 99.4 Å². The summed E-state index contributed by atoms with van der Waals surface area (Å²) >= 11 is 16.0. The number of rotatable bonds is 7. The first-order chi connectivity index (χ1) is 15.8. The van der Waals surface area contributed by atoms with Gasteiger partial charge < -0.3 is 15.2 Å².